The van der Waals surface area contributed by atoms with E-state index in [1.54, 1.807) is 6.33 Å². The topological polar surface area (TPSA) is 97.4 Å². The van der Waals surface area contributed by atoms with Crippen molar-refractivity contribution in [2.75, 3.05) is 25.2 Å². The zero-order valence-corrected chi connectivity index (χ0v) is 8.31. The van der Waals surface area contributed by atoms with Gasteiger partial charge in [0.15, 0.2) is 0 Å². The van der Waals surface area contributed by atoms with E-state index in [0.29, 0.717) is 20.0 Å². The number of aliphatic hydroxyl groups is 1. The normalized spacial score (nSPS) is 19.7. The second kappa shape index (κ2) is 4.58. The molecule has 1 atom stereocenters. The molecule has 1 aromatic rings. The van der Waals surface area contributed by atoms with Gasteiger partial charge in [0.2, 0.25) is 0 Å². The maximum atomic E-state index is 8.58. The van der Waals surface area contributed by atoms with E-state index in [1.807, 2.05) is 4.57 Å². The lowest BCUT2D eigenvalue weighted by molar-refractivity contribution is 0.0490. The van der Waals surface area contributed by atoms with E-state index in [4.69, 9.17) is 15.6 Å². The molecule has 0 radical (unpaired) electrons. The quantitative estimate of drug-likeness (QED) is 0.468. The van der Waals surface area contributed by atoms with Crippen LogP contribution < -0.4 is 16.4 Å². The highest BCUT2D eigenvalue weighted by molar-refractivity contribution is 5.45. The summed E-state index contributed by atoms with van der Waals surface area (Å²) in [6.07, 6.45) is 1.43. The van der Waals surface area contributed by atoms with Crippen molar-refractivity contribution in [3.63, 3.8) is 0 Å². The molecular weight excluding hydrogens is 198 g/mol. The summed E-state index contributed by atoms with van der Waals surface area (Å²) in [5.41, 5.74) is 6.59. The first-order valence-electron chi connectivity index (χ1n) is 4.79. The van der Waals surface area contributed by atoms with Crippen LogP contribution in [-0.4, -0.2) is 34.5 Å². The lowest BCUT2D eigenvalue weighted by Gasteiger charge is -2.22. The summed E-state index contributed by atoms with van der Waals surface area (Å²) in [6, 6.07) is 0. The molecule has 2 heterocycles. The van der Waals surface area contributed by atoms with Gasteiger partial charge in [0.25, 0.3) is 0 Å². The van der Waals surface area contributed by atoms with Crippen LogP contribution in [0.4, 0.5) is 5.82 Å². The van der Waals surface area contributed by atoms with Crippen LogP contribution in [0, 0.1) is 0 Å². The van der Waals surface area contributed by atoms with E-state index in [0.717, 1.165) is 11.5 Å². The lowest BCUT2D eigenvalue weighted by Crippen LogP contribution is -2.38. The highest BCUT2D eigenvalue weighted by Crippen LogP contribution is 2.21. The summed E-state index contributed by atoms with van der Waals surface area (Å²) in [5, 5.41) is 14.7. The number of nitrogens with two attached hydrogens (primary N) is 1. The second-order valence-corrected chi connectivity index (χ2v) is 3.24. The highest BCUT2D eigenvalue weighted by Gasteiger charge is 2.20. The Bertz CT molecular complexity index is 327. The van der Waals surface area contributed by atoms with E-state index in [-0.39, 0.29) is 12.8 Å². The van der Waals surface area contributed by atoms with Crippen molar-refractivity contribution < 1.29 is 9.84 Å². The minimum Gasteiger partial charge on any atom is -0.394 e. The number of nitrogens with one attached hydrogen (secondary N) is 2. The zero-order valence-electron chi connectivity index (χ0n) is 8.31. The van der Waals surface area contributed by atoms with Gasteiger partial charge in [0, 0.05) is 0 Å². The summed E-state index contributed by atoms with van der Waals surface area (Å²) in [7, 11) is 0. The van der Waals surface area contributed by atoms with Crippen molar-refractivity contribution in [2.45, 2.75) is 12.9 Å². The Kier molecular flexibility index (Phi) is 3.17. The molecule has 2 rings (SSSR count). The number of ether oxygens (including phenoxy) is 1. The molecule has 15 heavy (non-hydrogen) atoms. The molecule has 0 amide bonds. The molecule has 5 N–H and O–H groups in total. The molecule has 0 saturated carbocycles. The molecule has 1 unspecified atom stereocenters. The molecular formula is C8H15N5O2. The monoisotopic (exact) mass is 213 g/mol. The molecule has 84 valence electrons. The molecule has 0 aromatic carbocycles. The van der Waals surface area contributed by atoms with E-state index < -0.39 is 0 Å². The molecule has 1 aromatic heterocycles. The van der Waals surface area contributed by atoms with Crippen molar-refractivity contribution in [2.24, 2.45) is 5.73 Å². The first-order chi connectivity index (χ1) is 7.33. The lowest BCUT2D eigenvalue weighted by atomic mass is 10.3. The van der Waals surface area contributed by atoms with Crippen LogP contribution in [0.5, 0.6) is 0 Å². The van der Waals surface area contributed by atoms with Crippen LogP contribution >= 0.6 is 0 Å². The molecule has 0 spiro atoms. The van der Waals surface area contributed by atoms with Gasteiger partial charge in [-0.2, -0.15) is 0 Å². The Hall–Kier alpha value is -1.15. The molecule has 0 bridgehead atoms. The fraction of sp³-hybridized carbons (Fsp3) is 0.625. The number of aromatic nitrogens is 2. The summed E-state index contributed by atoms with van der Waals surface area (Å²) in [5.74, 6) is 0.874. The number of hydrogen-bond acceptors (Lipinski definition) is 6. The van der Waals surface area contributed by atoms with Crippen LogP contribution in [0.1, 0.15) is 11.9 Å². The Morgan fingerprint density at radius 2 is 2.60 bits per heavy atom. The third kappa shape index (κ3) is 2.10. The molecule has 0 fully saturated rings. The van der Waals surface area contributed by atoms with Gasteiger partial charge in [0.05, 0.1) is 26.2 Å². The van der Waals surface area contributed by atoms with Crippen LogP contribution in [0.2, 0.25) is 0 Å². The van der Waals surface area contributed by atoms with Crippen molar-refractivity contribution in [3.05, 3.63) is 12.0 Å². The molecule has 1 aliphatic heterocycles. The average molecular weight is 213 g/mol. The standard InChI is InChI=1S/C8H15N5O2/c9-7-6-8(11-3-10-7)13(4-12-6)5-15-2-1-14/h4,7,10-11,14H,1-3,5,9H2. The summed E-state index contributed by atoms with van der Waals surface area (Å²) in [6.45, 7) is 1.31. The number of fused-ring (bicyclic) bond motifs is 1. The van der Waals surface area contributed by atoms with Gasteiger partial charge in [-0.15, -0.1) is 0 Å². The van der Waals surface area contributed by atoms with Gasteiger partial charge >= 0.3 is 0 Å². The Morgan fingerprint density at radius 3 is 3.40 bits per heavy atom. The Balaban J connectivity index is 2.06. The van der Waals surface area contributed by atoms with Gasteiger partial charge in [0.1, 0.15) is 24.4 Å². The number of nitrogens with zero attached hydrogens (tertiary/aromatic N) is 2. The van der Waals surface area contributed by atoms with Gasteiger partial charge in [-0.1, -0.05) is 0 Å². The fourth-order valence-electron chi connectivity index (χ4n) is 1.48. The smallest absolute Gasteiger partial charge is 0.135 e. The van der Waals surface area contributed by atoms with Crippen molar-refractivity contribution in [1.29, 1.82) is 0 Å². The predicted molar refractivity (Wildman–Crippen MR) is 53.8 cm³/mol. The number of hydrogen-bond donors (Lipinski definition) is 4. The average Bonchev–Trinajstić information content (AvgIpc) is 2.64. The number of rotatable bonds is 4. The molecule has 0 saturated heterocycles. The maximum Gasteiger partial charge on any atom is 0.135 e. The number of aliphatic hydroxyl groups excluding tert-OH is 1. The molecule has 0 aliphatic carbocycles. The first kappa shape index (κ1) is 10.4. The zero-order chi connectivity index (χ0) is 10.7. The van der Waals surface area contributed by atoms with Gasteiger partial charge in [-0.25, -0.2) is 4.98 Å². The number of imidazole rings is 1. The van der Waals surface area contributed by atoms with Gasteiger partial charge < -0.3 is 20.9 Å². The summed E-state index contributed by atoms with van der Waals surface area (Å²) >= 11 is 0. The largest absolute Gasteiger partial charge is 0.394 e. The van der Waals surface area contributed by atoms with Crippen LogP contribution in [0.25, 0.3) is 0 Å². The van der Waals surface area contributed by atoms with Crippen LogP contribution in [-0.2, 0) is 11.5 Å². The first-order valence-corrected chi connectivity index (χ1v) is 4.79. The van der Waals surface area contributed by atoms with Crippen LogP contribution in [0.15, 0.2) is 6.33 Å². The van der Waals surface area contributed by atoms with Gasteiger partial charge in [-0.05, 0) is 0 Å². The Morgan fingerprint density at radius 1 is 1.73 bits per heavy atom. The minimum absolute atomic E-state index is 0.0192. The third-order valence-corrected chi connectivity index (χ3v) is 2.20. The van der Waals surface area contributed by atoms with E-state index in [9.17, 15) is 0 Å². The van der Waals surface area contributed by atoms with Crippen molar-refractivity contribution in [1.82, 2.24) is 14.9 Å². The van der Waals surface area contributed by atoms with E-state index in [2.05, 4.69) is 15.6 Å². The molecule has 7 nitrogen and oxygen atoms in total. The SMILES string of the molecule is NC1NCNc2c1ncn2COCCO. The minimum atomic E-state index is -0.236. The van der Waals surface area contributed by atoms with E-state index >= 15 is 0 Å². The fourth-order valence-corrected chi connectivity index (χ4v) is 1.48. The van der Waals surface area contributed by atoms with E-state index in [1.165, 1.54) is 0 Å². The van der Waals surface area contributed by atoms with Crippen molar-refractivity contribution in [3.8, 4) is 0 Å². The predicted octanol–water partition coefficient (Wildman–Crippen LogP) is -1.22. The van der Waals surface area contributed by atoms with Crippen molar-refractivity contribution >= 4 is 5.82 Å². The molecule has 1 aliphatic rings. The molecule has 7 heteroatoms. The van der Waals surface area contributed by atoms with Crippen LogP contribution in [0.3, 0.4) is 0 Å². The summed E-state index contributed by atoms with van der Waals surface area (Å²) in [4.78, 5) is 4.19. The maximum absolute atomic E-state index is 8.58. The van der Waals surface area contributed by atoms with Gasteiger partial charge in [-0.3, -0.25) is 9.88 Å². The summed E-state index contributed by atoms with van der Waals surface area (Å²) < 4.78 is 7.03. The Labute approximate surface area is 87.2 Å². The highest BCUT2D eigenvalue weighted by atomic mass is 16.5. The third-order valence-electron chi connectivity index (χ3n) is 2.20. The number of anilines is 1. The second-order valence-electron chi connectivity index (χ2n) is 3.24.